The van der Waals surface area contributed by atoms with E-state index in [0.717, 1.165) is 5.56 Å². The smallest absolute Gasteiger partial charge is 0.244 e. The number of carbonyl (C=O) groups excluding carboxylic acids is 1. The zero-order valence-corrected chi connectivity index (χ0v) is 8.84. The Morgan fingerprint density at radius 3 is 2.44 bits per heavy atom. The van der Waals surface area contributed by atoms with Crippen LogP contribution in [0.4, 0.5) is 0 Å². The van der Waals surface area contributed by atoms with Crippen molar-refractivity contribution in [1.29, 1.82) is 0 Å². The van der Waals surface area contributed by atoms with Crippen molar-refractivity contribution in [3.8, 4) is 0 Å². The van der Waals surface area contributed by atoms with Crippen LogP contribution in [0, 0.1) is 0 Å². The third-order valence-electron chi connectivity index (χ3n) is 2.01. The van der Waals surface area contributed by atoms with Crippen LogP contribution in [0.3, 0.4) is 0 Å². The molecule has 86 valence electrons. The van der Waals surface area contributed by atoms with Gasteiger partial charge in [-0.15, -0.1) is 0 Å². The Balaban J connectivity index is 2.48. The summed E-state index contributed by atoms with van der Waals surface area (Å²) in [6, 6.07) is 8.79. The summed E-state index contributed by atoms with van der Waals surface area (Å²) in [4.78, 5) is 11.3. The minimum atomic E-state index is -0.604. The first-order valence-corrected chi connectivity index (χ1v) is 5.01. The van der Waals surface area contributed by atoms with Crippen molar-refractivity contribution < 1.29 is 15.0 Å². The van der Waals surface area contributed by atoms with Crippen molar-refractivity contribution in [2.75, 3.05) is 13.2 Å². The molecule has 0 atom stereocenters. The molecule has 1 aromatic rings. The van der Waals surface area contributed by atoms with E-state index in [2.05, 4.69) is 5.32 Å². The first-order chi connectivity index (χ1) is 7.76. The Bertz CT molecular complexity index is 345. The summed E-state index contributed by atoms with van der Waals surface area (Å²) in [5.41, 5.74) is 0.919. The van der Waals surface area contributed by atoms with Crippen LogP contribution in [0.15, 0.2) is 36.4 Å². The summed E-state index contributed by atoms with van der Waals surface area (Å²) in [7, 11) is 0. The van der Waals surface area contributed by atoms with Gasteiger partial charge >= 0.3 is 0 Å². The molecular formula is C12H15NO3. The van der Waals surface area contributed by atoms with Gasteiger partial charge in [-0.25, -0.2) is 0 Å². The molecular weight excluding hydrogens is 206 g/mol. The van der Waals surface area contributed by atoms with Crippen LogP contribution in [-0.4, -0.2) is 35.4 Å². The molecule has 4 heteroatoms. The van der Waals surface area contributed by atoms with Crippen LogP contribution in [0.2, 0.25) is 0 Å². The summed E-state index contributed by atoms with van der Waals surface area (Å²) in [6.07, 6.45) is 3.04. The molecule has 0 saturated carbocycles. The third-order valence-corrected chi connectivity index (χ3v) is 2.01. The van der Waals surface area contributed by atoms with Crippen molar-refractivity contribution in [3.63, 3.8) is 0 Å². The number of hydrogen-bond donors (Lipinski definition) is 3. The zero-order valence-electron chi connectivity index (χ0n) is 8.84. The number of carbonyl (C=O) groups is 1. The van der Waals surface area contributed by atoms with Gasteiger partial charge in [-0.1, -0.05) is 30.3 Å². The lowest BCUT2D eigenvalue weighted by molar-refractivity contribution is -0.117. The molecule has 1 rings (SSSR count). The molecule has 1 aromatic carbocycles. The Morgan fingerprint density at radius 2 is 1.88 bits per heavy atom. The minimum Gasteiger partial charge on any atom is -0.394 e. The predicted octanol–water partition coefficient (Wildman–Crippen LogP) is 0.169. The summed E-state index contributed by atoms with van der Waals surface area (Å²) < 4.78 is 0. The lowest BCUT2D eigenvalue weighted by atomic mass is 10.2. The van der Waals surface area contributed by atoms with Gasteiger partial charge < -0.3 is 15.5 Å². The Kier molecular flexibility index (Phi) is 5.25. The van der Waals surface area contributed by atoms with Crippen molar-refractivity contribution in [3.05, 3.63) is 42.0 Å². The second kappa shape index (κ2) is 6.76. The van der Waals surface area contributed by atoms with E-state index in [-0.39, 0.29) is 19.1 Å². The molecule has 0 bridgehead atoms. The molecule has 0 aromatic heterocycles. The largest absolute Gasteiger partial charge is 0.394 e. The fourth-order valence-corrected chi connectivity index (χ4v) is 1.13. The van der Waals surface area contributed by atoms with Crippen molar-refractivity contribution >= 4 is 12.0 Å². The Morgan fingerprint density at radius 1 is 1.25 bits per heavy atom. The van der Waals surface area contributed by atoms with Gasteiger partial charge in [0.05, 0.1) is 19.3 Å². The van der Waals surface area contributed by atoms with Gasteiger partial charge in [0.15, 0.2) is 0 Å². The number of aliphatic hydroxyl groups excluding tert-OH is 2. The fraction of sp³-hybridized carbons (Fsp3) is 0.250. The molecule has 0 aliphatic carbocycles. The van der Waals surface area contributed by atoms with E-state index >= 15 is 0 Å². The second-order valence-corrected chi connectivity index (χ2v) is 3.31. The average Bonchev–Trinajstić information content (AvgIpc) is 2.34. The van der Waals surface area contributed by atoms with Crippen LogP contribution >= 0.6 is 0 Å². The average molecular weight is 221 g/mol. The van der Waals surface area contributed by atoms with Gasteiger partial charge in [0.1, 0.15) is 0 Å². The van der Waals surface area contributed by atoms with E-state index in [1.54, 1.807) is 6.08 Å². The molecule has 1 amide bonds. The normalized spacial score (nSPS) is 10.9. The number of amides is 1. The first-order valence-electron chi connectivity index (χ1n) is 5.01. The molecule has 0 aliphatic heterocycles. The van der Waals surface area contributed by atoms with Gasteiger partial charge in [0.2, 0.25) is 5.91 Å². The maximum atomic E-state index is 11.3. The van der Waals surface area contributed by atoms with Crippen LogP contribution < -0.4 is 5.32 Å². The molecule has 3 N–H and O–H groups in total. The van der Waals surface area contributed by atoms with Gasteiger partial charge in [-0.2, -0.15) is 0 Å². The molecule has 0 radical (unpaired) electrons. The minimum absolute atomic E-state index is 0.276. The lowest BCUT2D eigenvalue weighted by Crippen LogP contribution is -2.39. The predicted molar refractivity (Wildman–Crippen MR) is 61.6 cm³/mol. The highest BCUT2D eigenvalue weighted by Gasteiger charge is 2.06. The highest BCUT2D eigenvalue weighted by atomic mass is 16.3. The second-order valence-electron chi connectivity index (χ2n) is 3.31. The van der Waals surface area contributed by atoms with E-state index < -0.39 is 6.04 Å². The molecule has 0 heterocycles. The van der Waals surface area contributed by atoms with E-state index in [4.69, 9.17) is 10.2 Å². The number of hydrogen-bond acceptors (Lipinski definition) is 3. The van der Waals surface area contributed by atoms with Crippen molar-refractivity contribution in [2.24, 2.45) is 0 Å². The van der Waals surface area contributed by atoms with E-state index in [1.165, 1.54) is 6.08 Å². The standard InChI is InChI=1S/C12H15NO3/c14-8-11(9-15)13-12(16)7-6-10-4-2-1-3-5-10/h1-7,11,14-15H,8-9H2,(H,13,16). The summed E-state index contributed by atoms with van der Waals surface area (Å²) in [5, 5.41) is 20.0. The monoisotopic (exact) mass is 221 g/mol. The third kappa shape index (κ3) is 4.25. The highest BCUT2D eigenvalue weighted by Crippen LogP contribution is 2.00. The molecule has 0 saturated heterocycles. The van der Waals surface area contributed by atoms with Gasteiger partial charge in [-0.05, 0) is 11.6 Å². The van der Waals surface area contributed by atoms with E-state index in [9.17, 15) is 4.79 Å². The lowest BCUT2D eigenvalue weighted by Gasteiger charge is -2.10. The van der Waals surface area contributed by atoms with E-state index in [1.807, 2.05) is 30.3 Å². The quantitative estimate of drug-likeness (QED) is 0.621. The van der Waals surface area contributed by atoms with Gasteiger partial charge in [0.25, 0.3) is 0 Å². The molecule has 4 nitrogen and oxygen atoms in total. The summed E-state index contributed by atoms with van der Waals surface area (Å²) in [5.74, 6) is -0.336. The van der Waals surface area contributed by atoms with Crippen LogP contribution in [0.25, 0.3) is 6.08 Å². The summed E-state index contributed by atoms with van der Waals surface area (Å²) in [6.45, 7) is -0.553. The molecule has 16 heavy (non-hydrogen) atoms. The number of aliphatic hydroxyl groups is 2. The summed E-state index contributed by atoms with van der Waals surface area (Å²) >= 11 is 0. The maximum absolute atomic E-state index is 11.3. The molecule has 0 spiro atoms. The molecule has 0 unspecified atom stereocenters. The number of benzene rings is 1. The van der Waals surface area contributed by atoms with Crippen LogP contribution in [0.1, 0.15) is 5.56 Å². The fourth-order valence-electron chi connectivity index (χ4n) is 1.13. The molecule has 0 aliphatic rings. The first kappa shape index (κ1) is 12.4. The highest BCUT2D eigenvalue weighted by molar-refractivity contribution is 5.91. The van der Waals surface area contributed by atoms with Crippen molar-refractivity contribution in [2.45, 2.75) is 6.04 Å². The van der Waals surface area contributed by atoms with Gasteiger partial charge in [0, 0.05) is 6.08 Å². The molecule has 0 fully saturated rings. The van der Waals surface area contributed by atoms with Crippen molar-refractivity contribution in [1.82, 2.24) is 5.32 Å². The number of nitrogens with one attached hydrogen (secondary N) is 1. The van der Waals surface area contributed by atoms with Crippen LogP contribution in [0.5, 0.6) is 0 Å². The number of rotatable bonds is 5. The zero-order chi connectivity index (χ0) is 11.8. The Labute approximate surface area is 94.2 Å². The SMILES string of the molecule is O=C(C=Cc1ccccc1)NC(CO)CO. The van der Waals surface area contributed by atoms with Gasteiger partial charge in [-0.3, -0.25) is 4.79 Å². The van der Waals surface area contributed by atoms with E-state index in [0.29, 0.717) is 0 Å². The topological polar surface area (TPSA) is 69.6 Å². The maximum Gasteiger partial charge on any atom is 0.244 e. The van der Waals surface area contributed by atoms with Crippen LogP contribution in [-0.2, 0) is 4.79 Å². The Hall–Kier alpha value is -1.65.